The molecular weight excluding hydrogens is 236 g/mol. The van der Waals surface area contributed by atoms with Gasteiger partial charge in [-0.2, -0.15) is 0 Å². The Morgan fingerprint density at radius 3 is 3.12 bits per heavy atom. The maximum atomic E-state index is 12.0. The molecule has 1 atom stereocenters. The highest BCUT2D eigenvalue weighted by atomic mass is 32.1. The third-order valence-electron chi connectivity index (χ3n) is 3.10. The van der Waals surface area contributed by atoms with Crippen molar-refractivity contribution in [1.29, 1.82) is 0 Å². The van der Waals surface area contributed by atoms with Gasteiger partial charge in [-0.1, -0.05) is 0 Å². The van der Waals surface area contributed by atoms with E-state index < -0.39 is 0 Å². The quantitative estimate of drug-likeness (QED) is 0.820. The normalized spacial score (nSPS) is 19.5. The lowest BCUT2D eigenvalue weighted by molar-refractivity contribution is -0.139. The Balaban J connectivity index is 1.82. The summed E-state index contributed by atoms with van der Waals surface area (Å²) >= 11 is 1.66. The minimum atomic E-state index is -0.206. The van der Waals surface area contributed by atoms with E-state index in [9.17, 15) is 4.79 Å². The summed E-state index contributed by atoms with van der Waals surface area (Å²) in [6.07, 6.45) is 2.54. The number of hydrogen-bond donors (Lipinski definition) is 0. The monoisotopic (exact) mass is 254 g/mol. The van der Waals surface area contributed by atoms with Crippen LogP contribution in [0.1, 0.15) is 23.4 Å². The van der Waals surface area contributed by atoms with Gasteiger partial charge in [-0.3, -0.25) is 4.79 Å². The van der Waals surface area contributed by atoms with Crippen LogP contribution in [-0.2, 0) is 16.0 Å². The molecular formula is C12H18N2O2S. The number of amides is 1. The van der Waals surface area contributed by atoms with Gasteiger partial charge in [-0.15, -0.1) is 11.3 Å². The number of aryl methyl sites for hydroxylation is 1. The number of rotatable bonds is 4. The first-order valence-electron chi connectivity index (χ1n) is 5.94. The molecule has 0 aliphatic carbocycles. The molecule has 2 rings (SSSR count). The fourth-order valence-electron chi connectivity index (χ4n) is 1.96. The number of thiazole rings is 1. The molecule has 0 bridgehead atoms. The molecule has 1 aromatic rings. The number of aromatic nitrogens is 1. The molecule has 1 unspecified atom stereocenters. The van der Waals surface area contributed by atoms with Crippen molar-refractivity contribution in [1.82, 2.24) is 9.88 Å². The van der Waals surface area contributed by atoms with Crippen LogP contribution in [0.25, 0.3) is 0 Å². The summed E-state index contributed by atoms with van der Waals surface area (Å²) in [4.78, 5) is 19.2. The van der Waals surface area contributed by atoms with Crippen LogP contribution < -0.4 is 0 Å². The van der Waals surface area contributed by atoms with Gasteiger partial charge in [-0.25, -0.2) is 4.98 Å². The lowest BCUT2D eigenvalue weighted by Crippen LogP contribution is -2.37. The number of hydrogen-bond acceptors (Lipinski definition) is 4. The van der Waals surface area contributed by atoms with Gasteiger partial charge in [0.05, 0.1) is 11.2 Å². The molecule has 1 aromatic heterocycles. The molecule has 1 fully saturated rings. The zero-order valence-electron chi connectivity index (χ0n) is 10.3. The summed E-state index contributed by atoms with van der Waals surface area (Å²) in [5.74, 6) is 0.115. The summed E-state index contributed by atoms with van der Waals surface area (Å²) in [5, 5.41) is 0. The Hall–Kier alpha value is -0.940. The van der Waals surface area contributed by atoms with E-state index in [0.29, 0.717) is 0 Å². The van der Waals surface area contributed by atoms with Crippen LogP contribution in [0.3, 0.4) is 0 Å². The summed E-state index contributed by atoms with van der Waals surface area (Å²) in [6.45, 7) is 3.47. The van der Waals surface area contributed by atoms with Gasteiger partial charge in [-0.05, 0) is 19.8 Å². The average Bonchev–Trinajstić information content (AvgIpc) is 2.96. The summed E-state index contributed by atoms with van der Waals surface area (Å²) in [5.41, 5.74) is 2.93. The number of ether oxygens (including phenoxy) is 1. The molecule has 4 nitrogen and oxygen atoms in total. The highest BCUT2D eigenvalue weighted by Crippen LogP contribution is 2.16. The predicted octanol–water partition coefficient (Wildman–Crippen LogP) is 1.63. The second kappa shape index (κ2) is 5.60. The standard InChI is InChI=1S/C12H18N2O2S/c1-9-11(17-8-13-9)5-6-14(2)12(15)10-4-3-7-16-10/h8,10H,3-7H2,1-2H3. The zero-order valence-corrected chi connectivity index (χ0v) is 11.1. The maximum Gasteiger partial charge on any atom is 0.251 e. The second-order valence-electron chi connectivity index (χ2n) is 4.37. The van der Waals surface area contributed by atoms with Crippen molar-refractivity contribution in [3.63, 3.8) is 0 Å². The number of nitrogens with zero attached hydrogens (tertiary/aromatic N) is 2. The molecule has 0 aromatic carbocycles. The van der Waals surface area contributed by atoms with Crippen LogP contribution in [0.15, 0.2) is 5.51 Å². The number of carbonyl (C=O) groups is 1. The molecule has 5 heteroatoms. The molecule has 0 N–H and O–H groups in total. The van der Waals surface area contributed by atoms with Gasteiger partial charge in [0, 0.05) is 31.5 Å². The van der Waals surface area contributed by atoms with Crippen LogP contribution in [0.2, 0.25) is 0 Å². The van der Waals surface area contributed by atoms with Crippen LogP contribution in [0.4, 0.5) is 0 Å². The molecule has 0 saturated carbocycles. The van der Waals surface area contributed by atoms with E-state index in [2.05, 4.69) is 4.98 Å². The Labute approximate surface area is 106 Å². The summed E-state index contributed by atoms with van der Waals surface area (Å²) in [6, 6.07) is 0. The number of likely N-dealkylation sites (N-methyl/N-ethyl adjacent to an activating group) is 1. The first kappa shape index (κ1) is 12.5. The highest BCUT2D eigenvalue weighted by Gasteiger charge is 2.26. The first-order valence-corrected chi connectivity index (χ1v) is 6.82. The summed E-state index contributed by atoms with van der Waals surface area (Å²) in [7, 11) is 1.85. The van der Waals surface area contributed by atoms with Crippen LogP contribution in [-0.4, -0.2) is 42.1 Å². The van der Waals surface area contributed by atoms with Gasteiger partial charge in [0.1, 0.15) is 6.10 Å². The third-order valence-corrected chi connectivity index (χ3v) is 4.10. The zero-order chi connectivity index (χ0) is 12.3. The van der Waals surface area contributed by atoms with Crippen molar-refractivity contribution >= 4 is 17.2 Å². The highest BCUT2D eigenvalue weighted by molar-refractivity contribution is 7.09. The van der Waals surface area contributed by atoms with E-state index in [1.807, 2.05) is 19.5 Å². The van der Waals surface area contributed by atoms with Crippen LogP contribution in [0, 0.1) is 6.92 Å². The molecule has 2 heterocycles. The first-order chi connectivity index (χ1) is 8.18. The third kappa shape index (κ3) is 3.04. The van der Waals surface area contributed by atoms with Gasteiger partial charge < -0.3 is 9.64 Å². The summed E-state index contributed by atoms with van der Waals surface area (Å²) < 4.78 is 5.40. The van der Waals surface area contributed by atoms with Crippen LogP contribution in [0.5, 0.6) is 0 Å². The minimum Gasteiger partial charge on any atom is -0.368 e. The second-order valence-corrected chi connectivity index (χ2v) is 5.31. The molecule has 0 spiro atoms. The largest absolute Gasteiger partial charge is 0.368 e. The van der Waals surface area contributed by atoms with Gasteiger partial charge in [0.25, 0.3) is 5.91 Å². The molecule has 1 saturated heterocycles. The smallest absolute Gasteiger partial charge is 0.251 e. The Kier molecular flexibility index (Phi) is 4.12. The van der Waals surface area contributed by atoms with Crippen LogP contribution >= 0.6 is 11.3 Å². The molecule has 17 heavy (non-hydrogen) atoms. The fourth-order valence-corrected chi connectivity index (χ4v) is 2.73. The van der Waals surface area contributed by atoms with Crippen molar-refractivity contribution in [2.24, 2.45) is 0 Å². The molecule has 1 amide bonds. The Bertz CT molecular complexity index is 386. The van der Waals surface area contributed by atoms with E-state index in [0.717, 1.165) is 38.1 Å². The van der Waals surface area contributed by atoms with E-state index in [1.165, 1.54) is 4.88 Å². The topological polar surface area (TPSA) is 42.4 Å². The SMILES string of the molecule is Cc1ncsc1CCN(C)C(=O)C1CCCO1. The van der Waals surface area contributed by atoms with E-state index in [1.54, 1.807) is 16.2 Å². The minimum absolute atomic E-state index is 0.115. The van der Waals surface area contributed by atoms with Crippen molar-refractivity contribution in [2.45, 2.75) is 32.3 Å². The van der Waals surface area contributed by atoms with Crippen molar-refractivity contribution in [3.8, 4) is 0 Å². The average molecular weight is 254 g/mol. The fraction of sp³-hybridized carbons (Fsp3) is 0.667. The molecule has 0 radical (unpaired) electrons. The van der Waals surface area contributed by atoms with E-state index in [4.69, 9.17) is 4.74 Å². The van der Waals surface area contributed by atoms with Crippen molar-refractivity contribution in [3.05, 3.63) is 16.1 Å². The number of carbonyl (C=O) groups excluding carboxylic acids is 1. The molecule has 1 aliphatic rings. The van der Waals surface area contributed by atoms with Gasteiger partial charge >= 0.3 is 0 Å². The Morgan fingerprint density at radius 2 is 2.53 bits per heavy atom. The maximum absolute atomic E-state index is 12.0. The Morgan fingerprint density at radius 1 is 1.71 bits per heavy atom. The molecule has 1 aliphatic heterocycles. The lowest BCUT2D eigenvalue weighted by Gasteiger charge is -2.20. The molecule has 94 valence electrons. The van der Waals surface area contributed by atoms with Gasteiger partial charge in [0.2, 0.25) is 0 Å². The predicted molar refractivity (Wildman–Crippen MR) is 67.2 cm³/mol. The lowest BCUT2D eigenvalue weighted by atomic mass is 10.2. The van der Waals surface area contributed by atoms with Crippen molar-refractivity contribution in [2.75, 3.05) is 20.2 Å². The van der Waals surface area contributed by atoms with Crippen molar-refractivity contribution < 1.29 is 9.53 Å². The van der Waals surface area contributed by atoms with Gasteiger partial charge in [0.15, 0.2) is 0 Å². The van der Waals surface area contributed by atoms with E-state index in [-0.39, 0.29) is 12.0 Å². The van der Waals surface area contributed by atoms with E-state index >= 15 is 0 Å².